The van der Waals surface area contributed by atoms with Crippen molar-refractivity contribution in [1.29, 1.82) is 0 Å². The van der Waals surface area contributed by atoms with Gasteiger partial charge in [-0.25, -0.2) is 8.42 Å². The van der Waals surface area contributed by atoms with Crippen LogP contribution in [0.2, 0.25) is 0 Å². The number of carbonyl (C=O) groups excluding carboxylic acids is 1. The zero-order valence-electron chi connectivity index (χ0n) is 15.4. The van der Waals surface area contributed by atoms with Gasteiger partial charge in [0.05, 0.1) is 9.77 Å². The van der Waals surface area contributed by atoms with Gasteiger partial charge in [-0.05, 0) is 44.0 Å². The lowest BCUT2D eigenvalue weighted by Crippen LogP contribution is -2.50. The molecule has 1 aliphatic rings. The summed E-state index contributed by atoms with van der Waals surface area (Å²) < 4.78 is 27.0. The highest BCUT2D eigenvalue weighted by Gasteiger charge is 2.30. The van der Waals surface area contributed by atoms with Crippen LogP contribution in [0.4, 0.5) is 0 Å². The number of sulfonamides is 1. The van der Waals surface area contributed by atoms with Crippen molar-refractivity contribution in [3.05, 3.63) is 51.2 Å². The first-order valence-electron chi connectivity index (χ1n) is 8.78. The average Bonchev–Trinajstić information content (AvgIpc) is 3.02. The minimum absolute atomic E-state index is 0.00480. The minimum Gasteiger partial charge on any atom is -0.335 e. The Hall–Kier alpha value is -1.70. The molecule has 1 saturated heterocycles. The van der Waals surface area contributed by atoms with E-state index in [1.54, 1.807) is 29.2 Å². The molecule has 26 heavy (non-hydrogen) atoms. The van der Waals surface area contributed by atoms with Crippen molar-refractivity contribution >= 4 is 27.3 Å². The number of hydrogen-bond donors (Lipinski definition) is 0. The van der Waals surface area contributed by atoms with Crippen LogP contribution in [0.25, 0.3) is 0 Å². The first-order chi connectivity index (χ1) is 12.3. The molecule has 7 heteroatoms. The van der Waals surface area contributed by atoms with E-state index in [0.717, 1.165) is 16.9 Å². The van der Waals surface area contributed by atoms with Gasteiger partial charge in [0.15, 0.2) is 0 Å². The SMILES string of the molecule is CCc1cc(C(=O)N2CCN(S(=O)(=O)c3ccc(C)cc3)CC2)sc1C. The zero-order valence-corrected chi connectivity index (χ0v) is 17.0. The van der Waals surface area contributed by atoms with Crippen molar-refractivity contribution < 1.29 is 13.2 Å². The fourth-order valence-corrected chi connectivity index (χ4v) is 5.63. The molecule has 0 radical (unpaired) electrons. The van der Waals surface area contributed by atoms with Gasteiger partial charge < -0.3 is 4.90 Å². The monoisotopic (exact) mass is 392 g/mol. The molecule has 2 heterocycles. The van der Waals surface area contributed by atoms with E-state index in [4.69, 9.17) is 0 Å². The predicted octanol–water partition coefficient (Wildman–Crippen LogP) is 3.07. The summed E-state index contributed by atoms with van der Waals surface area (Å²) >= 11 is 1.52. The van der Waals surface area contributed by atoms with Gasteiger partial charge in [-0.15, -0.1) is 11.3 Å². The van der Waals surface area contributed by atoms with Gasteiger partial charge in [-0.2, -0.15) is 4.31 Å². The number of piperazine rings is 1. The molecule has 3 rings (SSSR count). The molecule has 1 fully saturated rings. The summed E-state index contributed by atoms with van der Waals surface area (Å²) in [4.78, 5) is 16.7. The number of carbonyl (C=O) groups is 1. The van der Waals surface area contributed by atoms with Crippen LogP contribution in [0.5, 0.6) is 0 Å². The standard InChI is InChI=1S/C19H24N2O3S2/c1-4-16-13-18(25-15(16)3)19(22)20-9-11-21(12-10-20)26(23,24)17-7-5-14(2)6-8-17/h5-8,13H,4,9-12H2,1-3H3. The largest absolute Gasteiger partial charge is 0.335 e. The summed E-state index contributed by atoms with van der Waals surface area (Å²) in [5.74, 6) is 0.00480. The van der Waals surface area contributed by atoms with E-state index in [-0.39, 0.29) is 5.91 Å². The Labute approximate surface area is 159 Å². The topological polar surface area (TPSA) is 57.7 Å². The van der Waals surface area contributed by atoms with Crippen LogP contribution < -0.4 is 0 Å². The molecule has 0 bridgehead atoms. The van der Waals surface area contributed by atoms with Gasteiger partial charge in [0, 0.05) is 31.1 Å². The van der Waals surface area contributed by atoms with Gasteiger partial charge in [0.2, 0.25) is 10.0 Å². The van der Waals surface area contributed by atoms with E-state index in [9.17, 15) is 13.2 Å². The smallest absolute Gasteiger partial charge is 0.264 e. The minimum atomic E-state index is -3.50. The summed E-state index contributed by atoms with van der Waals surface area (Å²) in [7, 11) is -3.50. The third kappa shape index (κ3) is 3.70. The molecule has 1 amide bonds. The Morgan fingerprint density at radius 1 is 1.08 bits per heavy atom. The molecule has 140 valence electrons. The fourth-order valence-electron chi connectivity index (χ4n) is 3.12. The number of rotatable bonds is 4. The molecule has 5 nitrogen and oxygen atoms in total. The lowest BCUT2D eigenvalue weighted by Gasteiger charge is -2.33. The molecule has 1 aromatic heterocycles. The maximum Gasteiger partial charge on any atom is 0.264 e. The van der Waals surface area contributed by atoms with Gasteiger partial charge in [0.25, 0.3) is 5.91 Å². The molecular formula is C19H24N2O3S2. The van der Waals surface area contributed by atoms with Gasteiger partial charge in [-0.3, -0.25) is 4.79 Å². The highest BCUT2D eigenvalue weighted by Crippen LogP contribution is 2.25. The Balaban J connectivity index is 1.68. The first-order valence-corrected chi connectivity index (χ1v) is 11.0. The van der Waals surface area contributed by atoms with Crippen molar-refractivity contribution in [1.82, 2.24) is 9.21 Å². The molecule has 0 atom stereocenters. The van der Waals surface area contributed by atoms with E-state index >= 15 is 0 Å². The highest BCUT2D eigenvalue weighted by atomic mass is 32.2. The van der Waals surface area contributed by atoms with Crippen molar-refractivity contribution in [2.45, 2.75) is 32.1 Å². The quantitative estimate of drug-likeness (QED) is 0.803. The number of nitrogens with zero attached hydrogens (tertiary/aromatic N) is 2. The summed E-state index contributed by atoms with van der Waals surface area (Å²) in [5.41, 5.74) is 2.23. The lowest BCUT2D eigenvalue weighted by atomic mass is 10.2. The number of amides is 1. The normalized spacial score (nSPS) is 16.0. The Morgan fingerprint density at radius 3 is 2.23 bits per heavy atom. The van der Waals surface area contributed by atoms with Crippen LogP contribution >= 0.6 is 11.3 Å². The van der Waals surface area contributed by atoms with Crippen LogP contribution in [0, 0.1) is 13.8 Å². The van der Waals surface area contributed by atoms with Crippen LogP contribution in [-0.4, -0.2) is 49.7 Å². The summed E-state index contributed by atoms with van der Waals surface area (Å²) in [6.07, 6.45) is 0.915. The molecule has 2 aromatic rings. The molecule has 0 saturated carbocycles. The van der Waals surface area contributed by atoms with Gasteiger partial charge in [0.1, 0.15) is 0 Å². The van der Waals surface area contributed by atoms with Crippen molar-refractivity contribution in [2.24, 2.45) is 0 Å². The van der Waals surface area contributed by atoms with Crippen LogP contribution in [0.3, 0.4) is 0 Å². The average molecular weight is 393 g/mol. The molecule has 1 aromatic carbocycles. The fraction of sp³-hybridized carbons (Fsp3) is 0.421. The Morgan fingerprint density at radius 2 is 1.69 bits per heavy atom. The maximum absolute atomic E-state index is 12.8. The molecule has 0 aliphatic carbocycles. The third-order valence-electron chi connectivity index (χ3n) is 4.80. The number of benzene rings is 1. The Bertz CT molecular complexity index is 893. The van der Waals surface area contributed by atoms with Gasteiger partial charge >= 0.3 is 0 Å². The second-order valence-corrected chi connectivity index (χ2v) is 9.75. The van der Waals surface area contributed by atoms with Crippen molar-refractivity contribution in [3.63, 3.8) is 0 Å². The number of aryl methyl sites for hydroxylation is 3. The first kappa shape index (κ1) is 19.1. The van der Waals surface area contributed by atoms with Crippen LogP contribution in [0.15, 0.2) is 35.2 Å². The molecule has 0 N–H and O–H groups in total. The number of thiophene rings is 1. The van der Waals surface area contributed by atoms with E-state index in [1.807, 2.05) is 19.9 Å². The summed E-state index contributed by atoms with van der Waals surface area (Å²) in [6, 6.07) is 8.86. The van der Waals surface area contributed by atoms with Crippen LogP contribution in [-0.2, 0) is 16.4 Å². The van der Waals surface area contributed by atoms with E-state index < -0.39 is 10.0 Å². The number of hydrogen-bond acceptors (Lipinski definition) is 4. The second-order valence-electron chi connectivity index (χ2n) is 6.55. The summed E-state index contributed by atoms with van der Waals surface area (Å²) in [5, 5.41) is 0. The van der Waals surface area contributed by atoms with E-state index in [2.05, 4.69) is 6.92 Å². The third-order valence-corrected chi connectivity index (χ3v) is 7.79. The second kappa shape index (κ2) is 7.50. The lowest BCUT2D eigenvalue weighted by molar-refractivity contribution is 0.0702. The van der Waals surface area contributed by atoms with Crippen molar-refractivity contribution in [3.8, 4) is 0 Å². The maximum atomic E-state index is 12.8. The molecule has 1 aliphatic heterocycles. The molecule has 0 spiro atoms. The van der Waals surface area contributed by atoms with Crippen LogP contribution in [0.1, 0.15) is 32.6 Å². The highest BCUT2D eigenvalue weighted by molar-refractivity contribution is 7.89. The van der Waals surface area contributed by atoms with Crippen molar-refractivity contribution in [2.75, 3.05) is 26.2 Å². The summed E-state index contributed by atoms with van der Waals surface area (Å²) in [6.45, 7) is 7.53. The molecular weight excluding hydrogens is 368 g/mol. The van der Waals surface area contributed by atoms with E-state index in [0.29, 0.717) is 31.1 Å². The predicted molar refractivity (Wildman–Crippen MR) is 104 cm³/mol. The van der Waals surface area contributed by atoms with E-state index in [1.165, 1.54) is 26.1 Å². The van der Waals surface area contributed by atoms with Gasteiger partial charge in [-0.1, -0.05) is 24.6 Å². The zero-order chi connectivity index (χ0) is 18.9. The molecule has 0 unspecified atom stereocenters. The Kier molecular flexibility index (Phi) is 5.50.